The van der Waals surface area contributed by atoms with Crippen LogP contribution in [-0.4, -0.2) is 23.6 Å². The summed E-state index contributed by atoms with van der Waals surface area (Å²) in [4.78, 5) is 24.6. The van der Waals surface area contributed by atoms with Crippen molar-refractivity contribution in [2.24, 2.45) is 5.41 Å². The summed E-state index contributed by atoms with van der Waals surface area (Å²) >= 11 is 0. The van der Waals surface area contributed by atoms with Crippen molar-refractivity contribution in [2.75, 3.05) is 6.61 Å². The van der Waals surface area contributed by atoms with Gasteiger partial charge in [-0.05, 0) is 41.5 Å². The third-order valence-corrected chi connectivity index (χ3v) is 5.33. The maximum atomic E-state index is 12.6. The Morgan fingerprint density at radius 1 is 1.04 bits per heavy atom. The number of fused-ring (bicyclic) bond motifs is 1. The molecule has 1 aliphatic rings. The van der Waals surface area contributed by atoms with E-state index in [2.05, 4.69) is 12.2 Å². The molecule has 0 saturated heterocycles. The molecule has 1 amide bonds. The van der Waals surface area contributed by atoms with Gasteiger partial charge in [0, 0.05) is 19.6 Å². The molecule has 0 atom stereocenters. The lowest BCUT2D eigenvalue weighted by Gasteiger charge is -2.23. The molecule has 1 aliphatic carbocycles. The summed E-state index contributed by atoms with van der Waals surface area (Å²) in [6, 6.07) is 15.5. The van der Waals surface area contributed by atoms with Gasteiger partial charge >= 0.3 is 5.97 Å². The number of benzene rings is 2. The summed E-state index contributed by atoms with van der Waals surface area (Å²) in [7, 11) is 0. The molecule has 0 spiro atoms. The van der Waals surface area contributed by atoms with Crippen molar-refractivity contribution in [1.82, 2.24) is 5.32 Å². The molecule has 0 fully saturated rings. The Balaban J connectivity index is 1.62. The fourth-order valence-electron chi connectivity index (χ4n) is 3.81. The Morgan fingerprint density at radius 2 is 1.64 bits per heavy atom. The summed E-state index contributed by atoms with van der Waals surface area (Å²) in [6.45, 7) is 3.63. The summed E-state index contributed by atoms with van der Waals surface area (Å²) in [5.74, 6) is -1.15. The van der Waals surface area contributed by atoms with Gasteiger partial charge in [0.2, 0.25) is 5.91 Å². The molecule has 2 aromatic carbocycles. The molecule has 0 heterocycles. The molecule has 0 saturated carbocycles. The van der Waals surface area contributed by atoms with Crippen LogP contribution in [0.5, 0.6) is 0 Å². The van der Waals surface area contributed by atoms with Gasteiger partial charge in [-0.3, -0.25) is 9.59 Å². The molecule has 0 bridgehead atoms. The van der Waals surface area contributed by atoms with E-state index in [1.54, 1.807) is 0 Å². The molecule has 3 rings (SSSR count). The molecule has 5 heteroatoms. The van der Waals surface area contributed by atoms with E-state index in [-0.39, 0.29) is 12.3 Å². The second-order valence-corrected chi connectivity index (χ2v) is 7.48. The van der Waals surface area contributed by atoms with Crippen LogP contribution in [0.15, 0.2) is 48.5 Å². The van der Waals surface area contributed by atoms with E-state index in [4.69, 9.17) is 4.74 Å². The number of amides is 1. The molecule has 0 radical (unpaired) electrons. The van der Waals surface area contributed by atoms with Crippen LogP contribution in [-0.2, 0) is 40.3 Å². The zero-order valence-corrected chi connectivity index (χ0v) is 16.2. The number of ether oxygens (including phenoxy) is 1. The van der Waals surface area contributed by atoms with Crippen molar-refractivity contribution < 1.29 is 19.4 Å². The van der Waals surface area contributed by atoms with Crippen molar-refractivity contribution in [2.45, 2.75) is 45.8 Å². The topological polar surface area (TPSA) is 75.6 Å². The highest BCUT2D eigenvalue weighted by Gasteiger charge is 2.45. The van der Waals surface area contributed by atoms with Crippen molar-refractivity contribution >= 4 is 11.9 Å². The highest BCUT2D eigenvalue weighted by molar-refractivity contribution is 5.86. The highest BCUT2D eigenvalue weighted by Crippen LogP contribution is 2.40. The van der Waals surface area contributed by atoms with Crippen LogP contribution in [0.4, 0.5) is 0 Å². The van der Waals surface area contributed by atoms with Gasteiger partial charge in [-0.2, -0.15) is 0 Å². The number of hydrogen-bond donors (Lipinski definition) is 2. The molecule has 2 N–H and O–H groups in total. The summed E-state index contributed by atoms with van der Waals surface area (Å²) < 4.78 is 5.62. The van der Waals surface area contributed by atoms with Crippen LogP contribution in [0.3, 0.4) is 0 Å². The third-order valence-electron chi connectivity index (χ3n) is 5.33. The molecule has 5 nitrogen and oxygen atoms in total. The fraction of sp³-hybridized carbons (Fsp3) is 0.391. The second-order valence-electron chi connectivity index (χ2n) is 7.48. The van der Waals surface area contributed by atoms with Crippen molar-refractivity contribution in [3.05, 3.63) is 70.8 Å². The minimum atomic E-state index is -1.06. The van der Waals surface area contributed by atoms with Crippen LogP contribution >= 0.6 is 0 Å². The standard InChI is InChI=1S/C23H27NO4/c1-2-11-28-16-20-10-6-5-9-19(20)15-24-21(25)14-23(22(26)27)12-17-7-3-4-8-18(17)13-23/h3-10H,2,11-16H2,1H3,(H,24,25)(H,26,27). The monoisotopic (exact) mass is 381 g/mol. The van der Waals surface area contributed by atoms with E-state index < -0.39 is 11.4 Å². The number of nitrogens with one attached hydrogen (secondary N) is 1. The summed E-state index contributed by atoms with van der Waals surface area (Å²) in [5.41, 5.74) is 3.02. The lowest BCUT2D eigenvalue weighted by molar-refractivity contribution is -0.151. The van der Waals surface area contributed by atoms with Gasteiger partial charge in [-0.15, -0.1) is 0 Å². The van der Waals surface area contributed by atoms with Crippen molar-refractivity contribution in [3.63, 3.8) is 0 Å². The van der Waals surface area contributed by atoms with E-state index >= 15 is 0 Å². The maximum absolute atomic E-state index is 12.6. The molecule has 148 valence electrons. The van der Waals surface area contributed by atoms with E-state index in [1.165, 1.54) is 0 Å². The maximum Gasteiger partial charge on any atom is 0.310 e. The van der Waals surface area contributed by atoms with Crippen LogP contribution < -0.4 is 5.32 Å². The first-order valence-electron chi connectivity index (χ1n) is 9.75. The first-order valence-corrected chi connectivity index (χ1v) is 9.75. The van der Waals surface area contributed by atoms with Crippen LogP contribution in [0, 0.1) is 5.41 Å². The van der Waals surface area contributed by atoms with Gasteiger partial charge in [0.15, 0.2) is 0 Å². The number of rotatable bonds is 9. The molecule has 0 aliphatic heterocycles. The van der Waals surface area contributed by atoms with Gasteiger partial charge in [0.25, 0.3) is 0 Å². The molecular weight excluding hydrogens is 354 g/mol. The second kappa shape index (κ2) is 9.02. The van der Waals surface area contributed by atoms with Crippen molar-refractivity contribution in [1.29, 1.82) is 0 Å². The number of hydrogen-bond acceptors (Lipinski definition) is 3. The summed E-state index contributed by atoms with van der Waals surface area (Å²) in [5, 5.41) is 12.7. The van der Waals surface area contributed by atoms with Gasteiger partial charge < -0.3 is 15.2 Å². The zero-order chi connectivity index (χ0) is 20.0. The zero-order valence-electron chi connectivity index (χ0n) is 16.2. The van der Waals surface area contributed by atoms with E-state index in [1.807, 2.05) is 48.5 Å². The Bertz CT molecular complexity index is 821. The van der Waals surface area contributed by atoms with Crippen molar-refractivity contribution in [3.8, 4) is 0 Å². The fourth-order valence-corrected chi connectivity index (χ4v) is 3.81. The number of carbonyl (C=O) groups is 2. The normalized spacial score (nSPS) is 14.5. The smallest absolute Gasteiger partial charge is 0.310 e. The SMILES string of the molecule is CCCOCc1ccccc1CNC(=O)CC1(C(=O)O)Cc2ccccc2C1. The quantitative estimate of drug-likeness (QED) is 0.652. The lowest BCUT2D eigenvalue weighted by Crippen LogP contribution is -2.38. The first kappa shape index (κ1) is 20.1. The Kier molecular flexibility index (Phi) is 6.47. The molecule has 0 aromatic heterocycles. The Morgan fingerprint density at radius 3 is 2.25 bits per heavy atom. The van der Waals surface area contributed by atoms with Crippen LogP contribution in [0.1, 0.15) is 42.0 Å². The molecule has 2 aromatic rings. The van der Waals surface area contributed by atoms with Gasteiger partial charge in [-0.1, -0.05) is 55.5 Å². The average molecular weight is 381 g/mol. The summed E-state index contributed by atoms with van der Waals surface area (Å²) in [6.07, 6.45) is 1.73. The number of aliphatic carboxylic acids is 1. The predicted molar refractivity (Wildman–Crippen MR) is 107 cm³/mol. The van der Waals surface area contributed by atoms with Gasteiger partial charge in [0.1, 0.15) is 0 Å². The van der Waals surface area contributed by atoms with E-state index in [0.717, 1.165) is 28.7 Å². The third kappa shape index (κ3) is 4.60. The van der Waals surface area contributed by atoms with E-state index in [9.17, 15) is 14.7 Å². The molecule has 0 unspecified atom stereocenters. The Hall–Kier alpha value is -2.66. The lowest BCUT2D eigenvalue weighted by atomic mass is 9.81. The number of carboxylic acids is 1. The van der Waals surface area contributed by atoms with E-state index in [0.29, 0.717) is 32.6 Å². The molecular formula is C23H27NO4. The largest absolute Gasteiger partial charge is 0.481 e. The van der Waals surface area contributed by atoms with Gasteiger partial charge in [0.05, 0.1) is 12.0 Å². The minimum Gasteiger partial charge on any atom is -0.481 e. The minimum absolute atomic E-state index is 0.0223. The average Bonchev–Trinajstić information content (AvgIpc) is 3.07. The first-order chi connectivity index (χ1) is 13.5. The highest BCUT2D eigenvalue weighted by atomic mass is 16.5. The van der Waals surface area contributed by atoms with Crippen LogP contribution in [0.2, 0.25) is 0 Å². The molecule has 28 heavy (non-hydrogen) atoms. The predicted octanol–water partition coefficient (Wildman–Crippen LogP) is 3.49. The van der Waals surface area contributed by atoms with Gasteiger partial charge in [-0.25, -0.2) is 0 Å². The Labute approximate surface area is 165 Å². The number of carboxylic acid groups (broad SMARTS) is 1. The van der Waals surface area contributed by atoms with Crippen LogP contribution in [0.25, 0.3) is 0 Å². The number of carbonyl (C=O) groups excluding carboxylic acids is 1.